The van der Waals surface area contributed by atoms with Crippen LogP contribution in [-0.4, -0.2) is 33.4 Å². The molecule has 1 atom stereocenters. The first-order chi connectivity index (χ1) is 10.5. The number of benzene rings is 2. The van der Waals surface area contributed by atoms with E-state index in [2.05, 4.69) is 0 Å². The number of hydrogen-bond acceptors (Lipinski definition) is 3. The molecule has 3 N–H and O–H groups in total. The predicted octanol–water partition coefficient (Wildman–Crippen LogP) is 1.99. The van der Waals surface area contributed by atoms with Crippen molar-refractivity contribution < 1.29 is 24.9 Å². The van der Waals surface area contributed by atoms with Crippen molar-refractivity contribution in [2.75, 3.05) is 0 Å². The number of carbonyl (C=O) groups is 2. The van der Waals surface area contributed by atoms with Crippen LogP contribution < -0.4 is 0 Å². The Balaban J connectivity index is 0.000000224. The largest absolute Gasteiger partial charge is 0.481 e. The molecule has 0 spiro atoms. The van der Waals surface area contributed by atoms with Gasteiger partial charge in [-0.1, -0.05) is 60.7 Å². The molecule has 0 aliphatic heterocycles. The van der Waals surface area contributed by atoms with Crippen LogP contribution in [0.25, 0.3) is 0 Å². The van der Waals surface area contributed by atoms with Crippen molar-refractivity contribution in [2.45, 2.75) is 18.9 Å². The Hall–Kier alpha value is -2.66. The van der Waals surface area contributed by atoms with Crippen LogP contribution in [0.4, 0.5) is 0 Å². The maximum atomic E-state index is 10.3. The molecule has 0 bridgehead atoms. The van der Waals surface area contributed by atoms with Gasteiger partial charge < -0.3 is 15.3 Å². The monoisotopic (exact) mass is 302 g/mol. The van der Waals surface area contributed by atoms with Gasteiger partial charge in [-0.15, -0.1) is 0 Å². The van der Waals surface area contributed by atoms with E-state index in [0.29, 0.717) is 0 Å². The van der Waals surface area contributed by atoms with Crippen molar-refractivity contribution in [3.05, 3.63) is 71.8 Å². The molecule has 0 aliphatic rings. The SMILES string of the molecule is O=C(O)C(O)Cc1ccccc1.O=C(O)Cc1ccccc1. The zero-order chi connectivity index (χ0) is 16.4. The fourth-order valence-electron chi connectivity index (χ4n) is 1.70. The molecule has 1 unspecified atom stereocenters. The van der Waals surface area contributed by atoms with Gasteiger partial charge in [0.25, 0.3) is 0 Å². The Morgan fingerprint density at radius 1 is 0.818 bits per heavy atom. The highest BCUT2D eigenvalue weighted by Gasteiger charge is 2.12. The molecule has 2 aromatic rings. The Morgan fingerprint density at radius 3 is 1.68 bits per heavy atom. The van der Waals surface area contributed by atoms with Crippen molar-refractivity contribution in [3.63, 3.8) is 0 Å². The van der Waals surface area contributed by atoms with Crippen LogP contribution in [-0.2, 0) is 22.4 Å². The molecule has 0 aromatic heterocycles. The summed E-state index contributed by atoms with van der Waals surface area (Å²) in [4.78, 5) is 20.4. The van der Waals surface area contributed by atoms with Crippen molar-refractivity contribution in [1.29, 1.82) is 0 Å². The quantitative estimate of drug-likeness (QED) is 0.785. The first-order valence-electron chi connectivity index (χ1n) is 6.69. The Kier molecular flexibility index (Phi) is 7.36. The van der Waals surface area contributed by atoms with Crippen LogP contribution in [0.3, 0.4) is 0 Å². The van der Waals surface area contributed by atoms with Crippen molar-refractivity contribution in [1.82, 2.24) is 0 Å². The summed E-state index contributed by atoms with van der Waals surface area (Å²) in [6.45, 7) is 0. The fraction of sp³-hybridized carbons (Fsp3) is 0.176. The zero-order valence-electron chi connectivity index (χ0n) is 11.9. The van der Waals surface area contributed by atoms with E-state index < -0.39 is 18.0 Å². The molecule has 0 amide bonds. The van der Waals surface area contributed by atoms with Gasteiger partial charge in [-0.2, -0.15) is 0 Å². The van der Waals surface area contributed by atoms with Gasteiger partial charge in [0.05, 0.1) is 6.42 Å². The lowest BCUT2D eigenvalue weighted by molar-refractivity contribution is -0.146. The topological polar surface area (TPSA) is 94.8 Å². The number of carboxylic acid groups (broad SMARTS) is 2. The van der Waals surface area contributed by atoms with Crippen LogP contribution >= 0.6 is 0 Å². The molecule has 0 radical (unpaired) electrons. The van der Waals surface area contributed by atoms with Gasteiger partial charge >= 0.3 is 11.9 Å². The van der Waals surface area contributed by atoms with E-state index in [1.54, 1.807) is 24.3 Å². The van der Waals surface area contributed by atoms with E-state index in [0.717, 1.165) is 11.1 Å². The number of carboxylic acids is 2. The van der Waals surface area contributed by atoms with Crippen LogP contribution in [0.2, 0.25) is 0 Å². The molecule has 5 nitrogen and oxygen atoms in total. The summed E-state index contributed by atoms with van der Waals surface area (Å²) >= 11 is 0. The smallest absolute Gasteiger partial charge is 0.332 e. The highest BCUT2D eigenvalue weighted by molar-refractivity contribution is 5.72. The summed E-state index contributed by atoms with van der Waals surface area (Å²) in [7, 11) is 0. The van der Waals surface area contributed by atoms with Gasteiger partial charge in [-0.3, -0.25) is 4.79 Å². The highest BCUT2D eigenvalue weighted by Crippen LogP contribution is 2.02. The molecular formula is C17H18O5. The number of aliphatic hydroxyl groups is 1. The number of hydrogen-bond donors (Lipinski definition) is 3. The van der Waals surface area contributed by atoms with E-state index in [-0.39, 0.29) is 12.8 Å². The van der Waals surface area contributed by atoms with Gasteiger partial charge in [0.15, 0.2) is 6.10 Å². The molecule has 2 aromatic carbocycles. The molecular weight excluding hydrogens is 284 g/mol. The lowest BCUT2D eigenvalue weighted by Crippen LogP contribution is -2.21. The second kappa shape index (κ2) is 9.31. The summed E-state index contributed by atoms with van der Waals surface area (Å²) < 4.78 is 0. The van der Waals surface area contributed by atoms with Gasteiger partial charge in [-0.25, -0.2) is 4.79 Å². The molecule has 2 rings (SSSR count). The molecule has 0 saturated carbocycles. The molecule has 0 aliphatic carbocycles. The lowest BCUT2D eigenvalue weighted by atomic mass is 10.1. The minimum absolute atomic E-state index is 0.112. The van der Waals surface area contributed by atoms with E-state index in [9.17, 15) is 9.59 Å². The lowest BCUT2D eigenvalue weighted by Gasteiger charge is -2.03. The predicted molar refractivity (Wildman–Crippen MR) is 81.6 cm³/mol. The third-order valence-corrected chi connectivity index (χ3v) is 2.76. The highest BCUT2D eigenvalue weighted by atomic mass is 16.4. The Bertz CT molecular complexity index is 581. The minimum Gasteiger partial charge on any atom is -0.481 e. The Labute approximate surface area is 128 Å². The summed E-state index contributed by atoms with van der Waals surface area (Å²) in [6.07, 6.45) is -1.02. The average molecular weight is 302 g/mol. The minimum atomic E-state index is -1.30. The summed E-state index contributed by atoms with van der Waals surface area (Å²) in [5.74, 6) is -1.97. The maximum Gasteiger partial charge on any atom is 0.332 e. The van der Waals surface area contributed by atoms with Crippen LogP contribution in [0.15, 0.2) is 60.7 Å². The van der Waals surface area contributed by atoms with Crippen molar-refractivity contribution in [3.8, 4) is 0 Å². The third-order valence-electron chi connectivity index (χ3n) is 2.76. The molecule has 22 heavy (non-hydrogen) atoms. The first kappa shape index (κ1) is 17.4. The van der Waals surface area contributed by atoms with Crippen LogP contribution in [0, 0.1) is 0 Å². The van der Waals surface area contributed by atoms with E-state index in [1.807, 2.05) is 36.4 Å². The standard InChI is InChI=1S/C9H10O3.C8H8O2/c10-8(9(11)12)6-7-4-2-1-3-5-7;9-8(10)6-7-4-2-1-3-5-7/h1-5,8,10H,6H2,(H,11,12);1-5H,6H2,(H,9,10). The van der Waals surface area contributed by atoms with Crippen molar-refractivity contribution in [2.24, 2.45) is 0 Å². The Morgan fingerprint density at radius 2 is 1.27 bits per heavy atom. The van der Waals surface area contributed by atoms with Crippen molar-refractivity contribution >= 4 is 11.9 Å². The van der Waals surface area contributed by atoms with Gasteiger partial charge in [0.1, 0.15) is 0 Å². The van der Waals surface area contributed by atoms with E-state index in [4.69, 9.17) is 15.3 Å². The summed E-state index contributed by atoms with van der Waals surface area (Å²) in [5, 5.41) is 25.7. The van der Waals surface area contributed by atoms with E-state index >= 15 is 0 Å². The molecule has 0 fully saturated rings. The second-order valence-corrected chi connectivity index (χ2v) is 4.60. The zero-order valence-corrected chi connectivity index (χ0v) is 11.9. The first-order valence-corrected chi connectivity index (χ1v) is 6.69. The van der Waals surface area contributed by atoms with E-state index in [1.165, 1.54) is 0 Å². The summed E-state index contributed by atoms with van der Waals surface area (Å²) in [6, 6.07) is 18.2. The third kappa shape index (κ3) is 7.21. The van der Waals surface area contributed by atoms with Crippen LogP contribution in [0.1, 0.15) is 11.1 Å². The number of aliphatic carboxylic acids is 2. The van der Waals surface area contributed by atoms with Gasteiger partial charge in [0, 0.05) is 6.42 Å². The van der Waals surface area contributed by atoms with Gasteiger partial charge in [0.2, 0.25) is 0 Å². The molecule has 0 heterocycles. The number of aliphatic hydroxyl groups excluding tert-OH is 1. The molecule has 0 saturated heterocycles. The molecule has 5 heteroatoms. The average Bonchev–Trinajstić information content (AvgIpc) is 2.49. The molecule has 116 valence electrons. The maximum absolute atomic E-state index is 10.3. The van der Waals surface area contributed by atoms with Crippen LogP contribution in [0.5, 0.6) is 0 Å². The fourth-order valence-corrected chi connectivity index (χ4v) is 1.70. The summed E-state index contributed by atoms with van der Waals surface area (Å²) in [5.41, 5.74) is 1.67. The normalized spacial score (nSPS) is 11.0. The second-order valence-electron chi connectivity index (χ2n) is 4.60. The van der Waals surface area contributed by atoms with Gasteiger partial charge in [-0.05, 0) is 11.1 Å². The number of rotatable bonds is 5.